The summed E-state index contributed by atoms with van der Waals surface area (Å²) in [5.74, 6) is -1.36. The minimum Gasteiger partial charge on any atom is -0.368 e. The maximum Gasteiger partial charge on any atom is 0.243 e. The molecule has 1 aliphatic carbocycles. The molecule has 0 radical (unpaired) electrons. The van der Waals surface area contributed by atoms with E-state index in [4.69, 9.17) is 11.5 Å². The lowest BCUT2D eigenvalue weighted by Gasteiger charge is -2.20. The highest BCUT2D eigenvalue weighted by Crippen LogP contribution is 2.41. The number of unbranched alkanes of at least 4 members (excludes halogenated alkanes) is 1. The topological polar surface area (TPSA) is 156 Å². The van der Waals surface area contributed by atoms with E-state index in [1.807, 2.05) is 58.0 Å². The Morgan fingerprint density at radius 1 is 0.974 bits per heavy atom. The zero-order valence-electron chi connectivity index (χ0n) is 24.9. The van der Waals surface area contributed by atoms with Crippen LogP contribution in [0, 0.1) is 17.8 Å². The summed E-state index contributed by atoms with van der Waals surface area (Å²) >= 11 is 0. The Bertz CT molecular complexity index is 847. The highest BCUT2D eigenvalue weighted by Gasteiger charge is 2.43. The lowest BCUT2D eigenvalue weighted by Crippen LogP contribution is -2.52. The molecule has 9 nitrogen and oxygen atoms in total. The number of rotatable bonds is 15. The number of hydrogen-bond donors (Lipinski definition) is 5. The predicted octanol–water partition coefficient (Wildman–Crippen LogP) is 3.05. The fourth-order valence-electron chi connectivity index (χ4n) is 4.01. The minimum absolute atomic E-state index is 0.110. The molecule has 1 aromatic rings. The second-order valence-corrected chi connectivity index (χ2v) is 10.2. The van der Waals surface area contributed by atoms with Crippen LogP contribution >= 0.6 is 0 Å². The van der Waals surface area contributed by atoms with Crippen LogP contribution in [0.5, 0.6) is 0 Å². The molecule has 0 saturated heterocycles. The number of primary amides is 1. The summed E-state index contributed by atoms with van der Waals surface area (Å²) in [6, 6.07) is 8.48. The first kappa shape index (κ1) is 36.1. The SMILES string of the molecule is CC.CC(C)C[C@H](NC(=O)CNC(=O)[C@H](CCCCN)NC(=O)C1CC1Cc1ccccc1)C(N)=O.CCC. The summed E-state index contributed by atoms with van der Waals surface area (Å²) in [4.78, 5) is 49.3. The smallest absolute Gasteiger partial charge is 0.243 e. The van der Waals surface area contributed by atoms with Crippen LogP contribution in [0.25, 0.3) is 0 Å². The van der Waals surface area contributed by atoms with Crippen LogP contribution in [0.4, 0.5) is 0 Å². The van der Waals surface area contributed by atoms with Crippen molar-refractivity contribution in [3.8, 4) is 0 Å². The standard InChI is InChI=1S/C25H39N5O4.C3H8.C2H6/c1-16(2)12-21(23(27)32)29-22(31)15-28-25(34)20(10-6-7-11-26)30-24(33)19-14-18(19)13-17-8-4-3-5-9-17;1-3-2;1-2/h3-5,8-9,16,18-21H,6-7,10-15,26H2,1-2H3,(H2,27,32)(H,28,34)(H,29,31)(H,30,33);3H2,1-2H3;1-2H3/t18?,19?,20-,21-;;/m0../s1. The largest absolute Gasteiger partial charge is 0.368 e. The van der Waals surface area contributed by atoms with Gasteiger partial charge in [0.05, 0.1) is 6.54 Å². The lowest BCUT2D eigenvalue weighted by molar-refractivity contribution is -0.131. The molecule has 0 heterocycles. The number of carbonyl (C=O) groups excluding carboxylic acids is 4. The van der Waals surface area contributed by atoms with Gasteiger partial charge in [-0.25, -0.2) is 0 Å². The van der Waals surface area contributed by atoms with Gasteiger partial charge in [-0.3, -0.25) is 19.2 Å². The van der Waals surface area contributed by atoms with Crippen molar-refractivity contribution >= 4 is 23.6 Å². The van der Waals surface area contributed by atoms with Crippen molar-refractivity contribution in [3.05, 3.63) is 35.9 Å². The summed E-state index contributed by atoms with van der Waals surface area (Å²) in [7, 11) is 0. The third-order valence-corrected chi connectivity index (χ3v) is 5.99. The Morgan fingerprint density at radius 2 is 1.59 bits per heavy atom. The molecule has 4 amide bonds. The van der Waals surface area contributed by atoms with E-state index < -0.39 is 29.8 Å². The summed E-state index contributed by atoms with van der Waals surface area (Å²) in [5, 5.41) is 8.00. The zero-order chi connectivity index (χ0) is 29.8. The molecule has 0 spiro atoms. The number of nitrogens with two attached hydrogens (primary N) is 2. The first-order chi connectivity index (χ1) is 18.6. The number of hydrogen-bond acceptors (Lipinski definition) is 5. The number of carbonyl (C=O) groups is 4. The van der Waals surface area contributed by atoms with Gasteiger partial charge in [0, 0.05) is 5.92 Å². The molecule has 222 valence electrons. The van der Waals surface area contributed by atoms with Crippen LogP contribution < -0.4 is 27.4 Å². The molecule has 7 N–H and O–H groups in total. The maximum atomic E-state index is 12.8. The Labute approximate surface area is 235 Å². The molecule has 1 fully saturated rings. The van der Waals surface area contributed by atoms with Gasteiger partial charge in [-0.2, -0.15) is 0 Å². The summed E-state index contributed by atoms with van der Waals surface area (Å²) in [6.07, 6.45) is 5.14. The molecular weight excluding hydrogens is 494 g/mol. The second-order valence-electron chi connectivity index (χ2n) is 10.2. The maximum absolute atomic E-state index is 12.8. The van der Waals surface area contributed by atoms with Gasteiger partial charge >= 0.3 is 0 Å². The van der Waals surface area contributed by atoms with Crippen LogP contribution in [0.1, 0.15) is 85.6 Å². The van der Waals surface area contributed by atoms with E-state index in [1.54, 1.807) is 0 Å². The van der Waals surface area contributed by atoms with Gasteiger partial charge in [-0.15, -0.1) is 0 Å². The monoisotopic (exact) mass is 547 g/mol. The Kier molecular flexibility index (Phi) is 19.4. The summed E-state index contributed by atoms with van der Waals surface area (Å²) in [5.41, 5.74) is 12.1. The molecule has 2 unspecified atom stereocenters. The average molecular weight is 548 g/mol. The molecule has 2 rings (SSSR count). The van der Waals surface area contributed by atoms with Crippen LogP contribution in [-0.2, 0) is 25.6 Å². The number of benzene rings is 1. The minimum atomic E-state index is -0.791. The van der Waals surface area contributed by atoms with E-state index in [0.717, 1.165) is 19.3 Å². The van der Waals surface area contributed by atoms with Gasteiger partial charge in [0.2, 0.25) is 23.6 Å². The first-order valence-corrected chi connectivity index (χ1v) is 14.5. The van der Waals surface area contributed by atoms with Gasteiger partial charge in [-0.05, 0) is 62.5 Å². The second kappa shape index (κ2) is 21.0. The van der Waals surface area contributed by atoms with Gasteiger partial charge in [-0.1, -0.05) is 78.3 Å². The normalized spacial score (nSPS) is 16.8. The quantitative estimate of drug-likeness (QED) is 0.213. The summed E-state index contributed by atoms with van der Waals surface area (Å²) < 4.78 is 0. The molecule has 9 heteroatoms. The van der Waals surface area contributed by atoms with E-state index >= 15 is 0 Å². The van der Waals surface area contributed by atoms with Gasteiger partial charge < -0.3 is 27.4 Å². The van der Waals surface area contributed by atoms with Crippen LogP contribution in [0.15, 0.2) is 30.3 Å². The Hall–Kier alpha value is -2.94. The van der Waals surface area contributed by atoms with Gasteiger partial charge in [0.1, 0.15) is 12.1 Å². The highest BCUT2D eigenvalue weighted by molar-refractivity contribution is 5.93. The average Bonchev–Trinajstić information content (AvgIpc) is 3.67. The summed E-state index contributed by atoms with van der Waals surface area (Å²) in [6.45, 7) is 12.3. The molecule has 1 aliphatic rings. The Morgan fingerprint density at radius 3 is 2.13 bits per heavy atom. The lowest BCUT2D eigenvalue weighted by atomic mass is 10.0. The molecule has 0 bridgehead atoms. The van der Waals surface area contributed by atoms with Gasteiger partial charge in [0.15, 0.2) is 0 Å². The van der Waals surface area contributed by atoms with Crippen molar-refractivity contribution in [2.75, 3.05) is 13.1 Å². The van der Waals surface area contributed by atoms with E-state index in [0.29, 0.717) is 25.8 Å². The fourth-order valence-corrected chi connectivity index (χ4v) is 4.01. The Balaban J connectivity index is 0.00000269. The zero-order valence-corrected chi connectivity index (χ0v) is 24.9. The van der Waals surface area contributed by atoms with Gasteiger partial charge in [0.25, 0.3) is 0 Å². The third-order valence-electron chi connectivity index (χ3n) is 5.99. The van der Waals surface area contributed by atoms with Crippen LogP contribution in [0.2, 0.25) is 0 Å². The van der Waals surface area contributed by atoms with E-state index in [2.05, 4.69) is 29.8 Å². The predicted molar refractivity (Wildman–Crippen MR) is 157 cm³/mol. The van der Waals surface area contributed by atoms with E-state index in [1.165, 1.54) is 12.0 Å². The molecule has 0 aliphatic heterocycles. The van der Waals surface area contributed by atoms with Crippen molar-refractivity contribution in [2.45, 2.75) is 98.6 Å². The van der Waals surface area contributed by atoms with Crippen LogP contribution in [-0.4, -0.2) is 48.8 Å². The van der Waals surface area contributed by atoms with Crippen molar-refractivity contribution in [2.24, 2.45) is 29.2 Å². The van der Waals surface area contributed by atoms with E-state index in [9.17, 15) is 19.2 Å². The molecule has 4 atom stereocenters. The van der Waals surface area contributed by atoms with Crippen molar-refractivity contribution in [1.82, 2.24) is 16.0 Å². The van der Waals surface area contributed by atoms with Crippen molar-refractivity contribution in [1.29, 1.82) is 0 Å². The number of nitrogens with one attached hydrogen (secondary N) is 3. The van der Waals surface area contributed by atoms with Crippen molar-refractivity contribution in [3.63, 3.8) is 0 Å². The molecule has 1 saturated carbocycles. The fraction of sp³-hybridized carbons (Fsp3) is 0.667. The highest BCUT2D eigenvalue weighted by atomic mass is 16.2. The van der Waals surface area contributed by atoms with Crippen LogP contribution in [0.3, 0.4) is 0 Å². The molecule has 39 heavy (non-hydrogen) atoms. The first-order valence-electron chi connectivity index (χ1n) is 14.5. The molecule has 0 aromatic heterocycles. The number of amides is 4. The van der Waals surface area contributed by atoms with Crippen molar-refractivity contribution < 1.29 is 19.2 Å². The molecular formula is C30H53N5O4. The molecule has 1 aromatic carbocycles. The third kappa shape index (κ3) is 15.9. The van der Waals surface area contributed by atoms with E-state index in [-0.39, 0.29) is 30.2 Å².